The summed E-state index contributed by atoms with van der Waals surface area (Å²) in [6.07, 6.45) is 9.90. The van der Waals surface area contributed by atoms with Crippen LogP contribution >= 0.6 is 0 Å². The molecule has 2 N–H and O–H groups in total. The third-order valence-corrected chi connectivity index (χ3v) is 6.73. The van der Waals surface area contributed by atoms with Crippen LogP contribution in [0.3, 0.4) is 0 Å². The van der Waals surface area contributed by atoms with Crippen molar-refractivity contribution >= 4 is 11.1 Å². The van der Waals surface area contributed by atoms with Crippen LogP contribution in [-0.4, -0.2) is 6.54 Å². The van der Waals surface area contributed by atoms with Crippen molar-refractivity contribution in [2.24, 2.45) is 5.73 Å². The average molecular weight is 452 g/mol. The predicted octanol–water partition coefficient (Wildman–Crippen LogP) is 6.87. The summed E-state index contributed by atoms with van der Waals surface area (Å²) in [5.74, 6) is 1.84. The van der Waals surface area contributed by atoms with E-state index in [1.165, 1.54) is 39.8 Å². The molecular formula is C31H33NO2. The average Bonchev–Trinajstić information content (AvgIpc) is 3.46. The van der Waals surface area contributed by atoms with Crippen molar-refractivity contribution in [1.29, 1.82) is 0 Å². The van der Waals surface area contributed by atoms with Gasteiger partial charge in [-0.1, -0.05) is 55.8 Å². The topological polar surface area (TPSA) is 44.5 Å². The third kappa shape index (κ3) is 4.95. The normalized spacial score (nSPS) is 13.8. The molecule has 0 heterocycles. The summed E-state index contributed by atoms with van der Waals surface area (Å²) in [5.41, 5.74) is 16.3. The van der Waals surface area contributed by atoms with Crippen molar-refractivity contribution in [3.63, 3.8) is 0 Å². The van der Waals surface area contributed by atoms with E-state index < -0.39 is 0 Å². The Kier molecular flexibility index (Phi) is 6.82. The summed E-state index contributed by atoms with van der Waals surface area (Å²) in [5, 5.41) is 0. The van der Waals surface area contributed by atoms with Gasteiger partial charge in [0.15, 0.2) is 0 Å². The summed E-state index contributed by atoms with van der Waals surface area (Å²) in [6, 6.07) is 21.4. The molecule has 0 aromatic heterocycles. The quantitative estimate of drug-likeness (QED) is 0.366. The van der Waals surface area contributed by atoms with Gasteiger partial charge in [-0.2, -0.15) is 0 Å². The maximum Gasteiger partial charge on any atom is 0.120 e. The minimum absolute atomic E-state index is 0.534. The van der Waals surface area contributed by atoms with Crippen LogP contribution in [0.1, 0.15) is 59.6 Å². The van der Waals surface area contributed by atoms with Crippen LogP contribution < -0.4 is 15.2 Å². The maximum atomic E-state index is 6.16. The van der Waals surface area contributed by atoms with Crippen LogP contribution in [0.4, 0.5) is 0 Å². The van der Waals surface area contributed by atoms with Crippen molar-refractivity contribution in [3.05, 3.63) is 106 Å². The molecule has 0 amide bonds. The standard InChI is InChI=1S/C31H33NO2/c1-2-4-24-7-8-25-11-13-28(18-30(24)25)33-20-22-5-3-6-23(17-22)21-34-29-14-12-26-9-10-27(15-16-32)31(26)19-29/h3,5-7,10-14,17-19H,2,4,8-9,15-16,20-21,32H2,1H3. The van der Waals surface area contributed by atoms with Gasteiger partial charge in [0.2, 0.25) is 0 Å². The first-order valence-electron chi connectivity index (χ1n) is 12.4. The lowest BCUT2D eigenvalue weighted by Crippen LogP contribution is -2.01. The van der Waals surface area contributed by atoms with Crippen molar-refractivity contribution in [2.75, 3.05) is 6.54 Å². The molecule has 3 aromatic rings. The molecule has 34 heavy (non-hydrogen) atoms. The molecule has 0 atom stereocenters. The van der Waals surface area contributed by atoms with Gasteiger partial charge in [0, 0.05) is 0 Å². The Morgan fingerprint density at radius 3 is 1.79 bits per heavy atom. The van der Waals surface area contributed by atoms with Gasteiger partial charge >= 0.3 is 0 Å². The number of allylic oxidation sites excluding steroid dienone is 3. The first kappa shape index (κ1) is 22.5. The molecule has 3 aromatic carbocycles. The van der Waals surface area contributed by atoms with Crippen molar-refractivity contribution in [3.8, 4) is 11.5 Å². The second kappa shape index (κ2) is 10.3. The molecule has 0 saturated carbocycles. The van der Waals surface area contributed by atoms with Gasteiger partial charge in [-0.15, -0.1) is 0 Å². The number of nitrogens with two attached hydrogens (primary N) is 1. The molecule has 0 saturated heterocycles. The highest BCUT2D eigenvalue weighted by atomic mass is 16.5. The minimum atomic E-state index is 0.534. The Bertz CT molecular complexity index is 1150. The number of hydrogen-bond donors (Lipinski definition) is 1. The number of hydrogen-bond acceptors (Lipinski definition) is 3. The Morgan fingerprint density at radius 2 is 1.26 bits per heavy atom. The molecule has 0 unspecified atom stereocenters. The van der Waals surface area contributed by atoms with E-state index in [0.29, 0.717) is 19.8 Å². The monoisotopic (exact) mass is 451 g/mol. The van der Waals surface area contributed by atoms with E-state index in [2.05, 4.69) is 79.7 Å². The molecule has 3 nitrogen and oxygen atoms in total. The van der Waals surface area contributed by atoms with Crippen LogP contribution in [0.5, 0.6) is 11.5 Å². The lowest BCUT2D eigenvalue weighted by Gasteiger charge is -2.12. The van der Waals surface area contributed by atoms with E-state index in [1.54, 1.807) is 0 Å². The Morgan fingerprint density at radius 1 is 0.706 bits per heavy atom. The van der Waals surface area contributed by atoms with Gasteiger partial charge in [-0.25, -0.2) is 0 Å². The lowest BCUT2D eigenvalue weighted by atomic mass is 10.0. The van der Waals surface area contributed by atoms with Gasteiger partial charge in [0.05, 0.1) is 0 Å². The molecule has 0 fully saturated rings. The lowest BCUT2D eigenvalue weighted by molar-refractivity contribution is 0.299. The molecule has 5 rings (SSSR count). The first-order chi connectivity index (χ1) is 16.7. The molecule has 3 heteroatoms. The Labute approximate surface area is 202 Å². The van der Waals surface area contributed by atoms with E-state index >= 15 is 0 Å². The zero-order chi connectivity index (χ0) is 23.3. The minimum Gasteiger partial charge on any atom is -0.489 e. The Hall–Kier alpha value is -3.30. The summed E-state index contributed by atoms with van der Waals surface area (Å²) in [6.45, 7) is 3.99. The molecule has 0 radical (unpaired) electrons. The van der Waals surface area contributed by atoms with E-state index in [9.17, 15) is 0 Å². The highest BCUT2D eigenvalue weighted by Gasteiger charge is 2.15. The smallest absolute Gasteiger partial charge is 0.120 e. The molecule has 0 bridgehead atoms. The number of rotatable bonds is 10. The van der Waals surface area contributed by atoms with Crippen molar-refractivity contribution in [2.45, 2.75) is 52.2 Å². The summed E-state index contributed by atoms with van der Waals surface area (Å²) in [7, 11) is 0. The fourth-order valence-corrected chi connectivity index (χ4v) is 4.97. The van der Waals surface area contributed by atoms with E-state index in [1.807, 2.05) is 0 Å². The maximum absolute atomic E-state index is 6.16. The van der Waals surface area contributed by atoms with Gasteiger partial charge < -0.3 is 15.2 Å². The summed E-state index contributed by atoms with van der Waals surface area (Å²) >= 11 is 0. The first-order valence-corrected chi connectivity index (χ1v) is 12.4. The van der Waals surface area contributed by atoms with Gasteiger partial charge in [0.1, 0.15) is 24.7 Å². The predicted molar refractivity (Wildman–Crippen MR) is 140 cm³/mol. The third-order valence-electron chi connectivity index (χ3n) is 6.73. The highest BCUT2D eigenvalue weighted by Crippen LogP contribution is 2.34. The van der Waals surface area contributed by atoms with Crippen LogP contribution in [0.25, 0.3) is 11.1 Å². The van der Waals surface area contributed by atoms with E-state index in [4.69, 9.17) is 15.2 Å². The number of fused-ring (bicyclic) bond motifs is 2. The molecule has 174 valence electrons. The zero-order valence-corrected chi connectivity index (χ0v) is 20.0. The van der Waals surface area contributed by atoms with Crippen LogP contribution in [0.2, 0.25) is 0 Å². The fraction of sp³-hybridized carbons (Fsp3) is 0.290. The van der Waals surface area contributed by atoms with Crippen LogP contribution in [-0.2, 0) is 26.1 Å². The van der Waals surface area contributed by atoms with Gasteiger partial charge in [-0.3, -0.25) is 0 Å². The number of benzene rings is 3. The summed E-state index contributed by atoms with van der Waals surface area (Å²) in [4.78, 5) is 0. The SMILES string of the molecule is CCCC1=CCc2ccc(OCc3cccc(COc4ccc5c(c4)C(CCN)=CC5)c3)cc21. The molecule has 0 spiro atoms. The van der Waals surface area contributed by atoms with Gasteiger partial charge in [-0.05, 0) is 107 Å². The largest absolute Gasteiger partial charge is 0.489 e. The second-order valence-electron chi connectivity index (χ2n) is 9.19. The molecule has 2 aliphatic rings. The molecule has 2 aliphatic carbocycles. The van der Waals surface area contributed by atoms with Crippen LogP contribution in [0, 0.1) is 0 Å². The van der Waals surface area contributed by atoms with Crippen LogP contribution in [0.15, 0.2) is 72.8 Å². The van der Waals surface area contributed by atoms with E-state index in [-0.39, 0.29) is 0 Å². The number of ether oxygens (including phenoxy) is 2. The second-order valence-corrected chi connectivity index (χ2v) is 9.19. The van der Waals surface area contributed by atoms with Crippen molar-refractivity contribution < 1.29 is 9.47 Å². The van der Waals surface area contributed by atoms with Crippen molar-refractivity contribution in [1.82, 2.24) is 0 Å². The Balaban J connectivity index is 1.20. The van der Waals surface area contributed by atoms with Gasteiger partial charge in [0.25, 0.3) is 0 Å². The summed E-state index contributed by atoms with van der Waals surface area (Å²) < 4.78 is 12.3. The van der Waals surface area contributed by atoms with E-state index in [0.717, 1.165) is 48.3 Å². The molecule has 0 aliphatic heterocycles. The highest BCUT2D eigenvalue weighted by molar-refractivity contribution is 5.74. The zero-order valence-electron chi connectivity index (χ0n) is 20.0. The molecular weight excluding hydrogens is 418 g/mol. The fourth-order valence-electron chi connectivity index (χ4n) is 4.97.